The summed E-state index contributed by atoms with van der Waals surface area (Å²) in [6.45, 7) is 1.90. The van der Waals surface area contributed by atoms with E-state index in [0.717, 1.165) is 37.6 Å². The predicted molar refractivity (Wildman–Crippen MR) is 125 cm³/mol. The van der Waals surface area contributed by atoms with E-state index < -0.39 is 5.97 Å². The van der Waals surface area contributed by atoms with E-state index in [1.54, 1.807) is 24.3 Å². The fourth-order valence-corrected chi connectivity index (χ4v) is 4.37. The topological polar surface area (TPSA) is 89.3 Å². The van der Waals surface area contributed by atoms with Gasteiger partial charge in [0.15, 0.2) is 5.16 Å². The van der Waals surface area contributed by atoms with Crippen LogP contribution in [0.2, 0.25) is 0 Å². The minimum Gasteiger partial charge on any atom is -0.465 e. The summed E-state index contributed by atoms with van der Waals surface area (Å²) >= 11 is 1.33. The van der Waals surface area contributed by atoms with Crippen molar-refractivity contribution in [1.82, 2.24) is 14.8 Å². The third-order valence-corrected chi connectivity index (χ3v) is 6.10. The van der Waals surface area contributed by atoms with Gasteiger partial charge < -0.3 is 15.0 Å². The maximum atomic E-state index is 12.6. The van der Waals surface area contributed by atoms with E-state index in [9.17, 15) is 9.59 Å². The van der Waals surface area contributed by atoms with Crippen LogP contribution in [-0.4, -0.2) is 52.6 Å². The van der Waals surface area contributed by atoms with Gasteiger partial charge in [-0.2, -0.15) is 0 Å². The zero-order valence-corrected chi connectivity index (χ0v) is 18.7. The van der Waals surface area contributed by atoms with Gasteiger partial charge in [0.05, 0.1) is 24.1 Å². The number of nitrogens with one attached hydrogen (secondary N) is 1. The molecule has 1 fully saturated rings. The number of benzene rings is 2. The molecule has 0 atom stereocenters. The first kappa shape index (κ1) is 21.9. The zero-order chi connectivity index (χ0) is 22.3. The summed E-state index contributed by atoms with van der Waals surface area (Å²) in [5.41, 5.74) is 1.89. The standard InChI is InChI=1S/C23H25N5O3S/c1-31-21(30)17-9-8-10-18(15-17)24-20(29)16-32-23-26-25-22(27-13-6-3-7-14-27)28(23)19-11-4-2-5-12-19/h2,4-5,8-12,15H,3,6-7,13-14,16H2,1H3,(H,24,29). The van der Waals surface area contributed by atoms with Crippen molar-refractivity contribution in [3.63, 3.8) is 0 Å². The molecule has 1 saturated heterocycles. The highest BCUT2D eigenvalue weighted by Gasteiger charge is 2.22. The first-order valence-corrected chi connectivity index (χ1v) is 11.5. The number of carbonyl (C=O) groups excluding carboxylic acids is 2. The van der Waals surface area contributed by atoms with Gasteiger partial charge in [0, 0.05) is 18.8 Å². The average molecular weight is 452 g/mol. The summed E-state index contributed by atoms with van der Waals surface area (Å²) in [7, 11) is 1.32. The molecule has 2 aromatic carbocycles. The molecule has 3 aromatic rings. The Labute approximate surface area is 191 Å². The van der Waals surface area contributed by atoms with Crippen molar-refractivity contribution < 1.29 is 14.3 Å². The van der Waals surface area contributed by atoms with Crippen LogP contribution >= 0.6 is 11.8 Å². The van der Waals surface area contributed by atoms with Crippen molar-refractivity contribution in [2.45, 2.75) is 24.4 Å². The van der Waals surface area contributed by atoms with Crippen LogP contribution < -0.4 is 10.2 Å². The molecule has 1 amide bonds. The Balaban J connectivity index is 1.49. The van der Waals surface area contributed by atoms with Crippen molar-refractivity contribution in [3.05, 3.63) is 60.2 Å². The van der Waals surface area contributed by atoms with Crippen LogP contribution in [0, 0.1) is 0 Å². The molecule has 0 spiro atoms. The number of thioether (sulfide) groups is 1. The van der Waals surface area contributed by atoms with Gasteiger partial charge in [-0.3, -0.25) is 9.36 Å². The van der Waals surface area contributed by atoms with Crippen molar-refractivity contribution in [1.29, 1.82) is 0 Å². The lowest BCUT2D eigenvalue weighted by Gasteiger charge is -2.27. The summed E-state index contributed by atoms with van der Waals surface area (Å²) < 4.78 is 6.75. The second-order valence-electron chi connectivity index (χ2n) is 7.41. The van der Waals surface area contributed by atoms with Gasteiger partial charge in [-0.05, 0) is 49.6 Å². The first-order valence-electron chi connectivity index (χ1n) is 10.5. The number of hydrogen-bond donors (Lipinski definition) is 1. The molecule has 8 nitrogen and oxygen atoms in total. The number of methoxy groups -OCH3 is 1. The summed E-state index contributed by atoms with van der Waals surface area (Å²) in [6, 6.07) is 16.6. The summed E-state index contributed by atoms with van der Waals surface area (Å²) in [5.74, 6) is 0.327. The van der Waals surface area contributed by atoms with E-state index in [-0.39, 0.29) is 11.7 Å². The Hall–Kier alpha value is -3.33. The van der Waals surface area contributed by atoms with Crippen molar-refractivity contribution in [3.8, 4) is 5.69 Å². The van der Waals surface area contributed by atoms with Gasteiger partial charge in [-0.15, -0.1) is 10.2 Å². The fraction of sp³-hybridized carbons (Fsp3) is 0.304. The molecule has 0 aliphatic carbocycles. The van der Waals surface area contributed by atoms with Crippen LogP contribution in [-0.2, 0) is 9.53 Å². The lowest BCUT2D eigenvalue weighted by atomic mass is 10.1. The van der Waals surface area contributed by atoms with Crippen LogP contribution in [0.3, 0.4) is 0 Å². The Morgan fingerprint density at radius 1 is 1.03 bits per heavy atom. The van der Waals surface area contributed by atoms with Crippen LogP contribution in [0.4, 0.5) is 11.6 Å². The Morgan fingerprint density at radius 2 is 1.81 bits per heavy atom. The van der Waals surface area contributed by atoms with Crippen molar-refractivity contribution in [2.75, 3.05) is 36.2 Å². The van der Waals surface area contributed by atoms with Crippen LogP contribution in [0.25, 0.3) is 5.69 Å². The highest BCUT2D eigenvalue weighted by atomic mass is 32.2. The number of aromatic nitrogens is 3. The molecule has 9 heteroatoms. The van der Waals surface area contributed by atoms with E-state index in [4.69, 9.17) is 4.74 Å². The molecule has 2 heterocycles. The minimum atomic E-state index is -0.448. The van der Waals surface area contributed by atoms with E-state index in [0.29, 0.717) is 16.4 Å². The second kappa shape index (κ2) is 10.3. The summed E-state index contributed by atoms with van der Waals surface area (Å²) in [5, 5.41) is 12.3. The van der Waals surface area contributed by atoms with E-state index in [1.165, 1.54) is 25.3 Å². The molecule has 0 radical (unpaired) electrons. The Morgan fingerprint density at radius 3 is 2.56 bits per heavy atom. The molecule has 1 N–H and O–H groups in total. The lowest BCUT2D eigenvalue weighted by Crippen LogP contribution is -2.31. The number of para-hydroxylation sites is 1. The van der Waals surface area contributed by atoms with Crippen LogP contribution in [0.1, 0.15) is 29.6 Å². The third kappa shape index (κ3) is 5.11. The molecule has 1 aliphatic rings. The maximum Gasteiger partial charge on any atom is 0.337 e. The second-order valence-corrected chi connectivity index (χ2v) is 8.35. The molecular weight excluding hydrogens is 426 g/mol. The summed E-state index contributed by atoms with van der Waals surface area (Å²) in [6.07, 6.45) is 3.50. The SMILES string of the molecule is COC(=O)c1cccc(NC(=O)CSc2nnc(N3CCCCC3)n2-c2ccccc2)c1. The number of nitrogens with zero attached hydrogens (tertiary/aromatic N) is 4. The monoisotopic (exact) mass is 451 g/mol. The number of carbonyl (C=O) groups is 2. The molecule has 0 unspecified atom stereocenters. The minimum absolute atomic E-state index is 0.160. The van der Waals surface area contributed by atoms with Crippen molar-refractivity contribution in [2.24, 2.45) is 0 Å². The maximum absolute atomic E-state index is 12.6. The van der Waals surface area contributed by atoms with E-state index >= 15 is 0 Å². The Bertz CT molecular complexity index is 1080. The van der Waals surface area contributed by atoms with E-state index in [1.807, 2.05) is 34.9 Å². The number of amides is 1. The van der Waals surface area contributed by atoms with Gasteiger partial charge >= 0.3 is 5.97 Å². The molecule has 0 bridgehead atoms. The largest absolute Gasteiger partial charge is 0.465 e. The van der Waals surface area contributed by atoms with Crippen molar-refractivity contribution >= 4 is 35.3 Å². The summed E-state index contributed by atoms with van der Waals surface area (Å²) in [4.78, 5) is 26.5. The van der Waals surface area contributed by atoms with Gasteiger partial charge in [-0.25, -0.2) is 4.79 Å². The zero-order valence-electron chi connectivity index (χ0n) is 17.9. The normalized spacial score (nSPS) is 13.6. The van der Waals surface area contributed by atoms with Crippen LogP contribution in [0.5, 0.6) is 0 Å². The van der Waals surface area contributed by atoms with Gasteiger partial charge in [0.25, 0.3) is 0 Å². The molecule has 0 saturated carbocycles. The van der Waals surface area contributed by atoms with Gasteiger partial charge in [0.2, 0.25) is 11.9 Å². The predicted octanol–water partition coefficient (Wildman–Crippen LogP) is 3.78. The number of anilines is 2. The number of piperidine rings is 1. The lowest BCUT2D eigenvalue weighted by molar-refractivity contribution is -0.113. The molecule has 1 aliphatic heterocycles. The Kier molecular flexibility index (Phi) is 7.06. The third-order valence-electron chi connectivity index (χ3n) is 5.17. The number of hydrogen-bond acceptors (Lipinski definition) is 7. The molecule has 32 heavy (non-hydrogen) atoms. The number of ether oxygens (including phenoxy) is 1. The van der Waals surface area contributed by atoms with Gasteiger partial charge in [-0.1, -0.05) is 36.0 Å². The average Bonchev–Trinajstić information content (AvgIpc) is 3.27. The quantitative estimate of drug-likeness (QED) is 0.432. The molecule has 166 valence electrons. The molecule has 4 rings (SSSR count). The number of esters is 1. The highest BCUT2D eigenvalue weighted by molar-refractivity contribution is 7.99. The molecule has 1 aromatic heterocycles. The van der Waals surface area contributed by atoms with Crippen LogP contribution in [0.15, 0.2) is 59.8 Å². The van der Waals surface area contributed by atoms with E-state index in [2.05, 4.69) is 20.4 Å². The molecular formula is C23H25N5O3S. The smallest absolute Gasteiger partial charge is 0.337 e. The first-order chi connectivity index (χ1) is 15.7. The van der Waals surface area contributed by atoms with Gasteiger partial charge in [0.1, 0.15) is 0 Å². The highest BCUT2D eigenvalue weighted by Crippen LogP contribution is 2.28. The fourth-order valence-electron chi connectivity index (χ4n) is 3.63. The number of rotatable bonds is 7.